The van der Waals surface area contributed by atoms with Crippen LogP contribution in [0.25, 0.3) is 0 Å². The molecule has 66 valence electrons. The number of halogens is 2. The normalized spacial score (nSPS) is 19.5. The van der Waals surface area contributed by atoms with Crippen molar-refractivity contribution in [2.45, 2.75) is 25.7 Å². The summed E-state index contributed by atoms with van der Waals surface area (Å²) in [6, 6.07) is 0. The molecular formula is C8H12Cl2Os. The molecule has 0 atom stereocenters. The molecule has 1 saturated carbocycles. The fraction of sp³-hybridized carbons (Fsp3) is 0.500. The first-order chi connectivity index (χ1) is 5.41. The first kappa shape index (κ1) is 12.2. The maximum absolute atomic E-state index is 4.90. The molecule has 0 bridgehead atoms. The summed E-state index contributed by atoms with van der Waals surface area (Å²) in [4.78, 5) is 0. The summed E-state index contributed by atoms with van der Waals surface area (Å²) in [5.41, 5.74) is 0. The van der Waals surface area contributed by atoms with Crippen LogP contribution in [0.1, 0.15) is 25.7 Å². The molecule has 11 heavy (non-hydrogen) atoms. The van der Waals surface area contributed by atoms with Crippen molar-refractivity contribution in [2.24, 2.45) is 0 Å². The van der Waals surface area contributed by atoms with Crippen LogP contribution in [0, 0.1) is 25.7 Å². The first-order valence-corrected chi connectivity index (χ1v) is 9.86. The Kier molecular flexibility index (Phi) is 12.5. The standard InChI is InChI=1S/C8H12.2ClH.Os/c1-2-4-6-8-7-5-3-1;;;/h1-2,7-8H,3-6H2;2*1H;/q;;;+2/p-2. The van der Waals surface area contributed by atoms with Gasteiger partial charge in [0.2, 0.25) is 0 Å². The zero-order valence-electron chi connectivity index (χ0n) is 6.25. The second kappa shape index (κ2) is 11.2. The molecule has 0 aromatic heterocycles. The van der Waals surface area contributed by atoms with Gasteiger partial charge in [0.1, 0.15) is 0 Å². The van der Waals surface area contributed by atoms with Gasteiger partial charge >= 0.3 is 34.7 Å². The Hall–Kier alpha value is 1.22. The van der Waals surface area contributed by atoms with Gasteiger partial charge in [-0.15, -0.1) is 0 Å². The molecular weight excluding hydrogens is 357 g/mol. The Morgan fingerprint density at radius 1 is 0.727 bits per heavy atom. The summed E-state index contributed by atoms with van der Waals surface area (Å²) < 4.78 is 0. The third kappa shape index (κ3) is 11.2. The Bertz CT molecular complexity index is 45.1. The van der Waals surface area contributed by atoms with Gasteiger partial charge in [-0.1, -0.05) is 0 Å². The second-order valence-corrected chi connectivity index (χ2v) is 5.82. The third-order valence-electron chi connectivity index (χ3n) is 1.33. The zero-order chi connectivity index (χ0) is 8.36. The number of hydrogen-bond acceptors (Lipinski definition) is 0. The molecule has 0 heterocycles. The van der Waals surface area contributed by atoms with E-state index in [1.54, 1.807) is 0 Å². The van der Waals surface area contributed by atoms with Gasteiger partial charge in [-0.25, -0.2) is 0 Å². The fourth-order valence-corrected chi connectivity index (χ4v) is 0.856. The van der Waals surface area contributed by atoms with Gasteiger partial charge in [-0.2, -0.15) is 0 Å². The summed E-state index contributed by atoms with van der Waals surface area (Å²) >= 11 is -0.639. The van der Waals surface area contributed by atoms with E-state index in [0.717, 1.165) is 0 Å². The fourth-order valence-electron chi connectivity index (χ4n) is 0.856. The molecule has 0 spiro atoms. The molecule has 0 unspecified atom stereocenters. The van der Waals surface area contributed by atoms with Gasteiger partial charge in [0.15, 0.2) is 0 Å². The van der Waals surface area contributed by atoms with Crippen LogP contribution in [-0.4, -0.2) is 0 Å². The van der Waals surface area contributed by atoms with E-state index < -0.39 is 15.4 Å². The molecule has 3 heteroatoms. The van der Waals surface area contributed by atoms with E-state index >= 15 is 0 Å². The summed E-state index contributed by atoms with van der Waals surface area (Å²) in [5.74, 6) is 0. The van der Waals surface area contributed by atoms with Crippen molar-refractivity contribution in [3.05, 3.63) is 25.7 Å². The predicted molar refractivity (Wildman–Crippen MR) is 47.4 cm³/mol. The Morgan fingerprint density at radius 2 is 0.909 bits per heavy atom. The molecule has 0 aromatic carbocycles. The molecule has 4 radical (unpaired) electrons. The number of rotatable bonds is 0. The van der Waals surface area contributed by atoms with Crippen molar-refractivity contribution in [1.29, 1.82) is 0 Å². The van der Waals surface area contributed by atoms with Crippen LogP contribution in [0.5, 0.6) is 0 Å². The van der Waals surface area contributed by atoms with E-state index in [4.69, 9.17) is 19.3 Å². The van der Waals surface area contributed by atoms with Crippen LogP contribution in [0.3, 0.4) is 0 Å². The minimum absolute atomic E-state index is 0.639. The predicted octanol–water partition coefficient (Wildman–Crippen LogP) is 3.75. The van der Waals surface area contributed by atoms with Gasteiger partial charge in [0.25, 0.3) is 0 Å². The van der Waals surface area contributed by atoms with E-state index in [1.807, 2.05) is 0 Å². The monoisotopic (exact) mass is 370 g/mol. The first-order valence-electron chi connectivity index (χ1n) is 3.57. The van der Waals surface area contributed by atoms with Crippen LogP contribution in [0.2, 0.25) is 0 Å². The summed E-state index contributed by atoms with van der Waals surface area (Å²) in [5, 5.41) is 0. The van der Waals surface area contributed by atoms with Gasteiger partial charge in [0.05, 0.1) is 0 Å². The van der Waals surface area contributed by atoms with Gasteiger partial charge in [-0.3, -0.25) is 0 Å². The van der Waals surface area contributed by atoms with E-state index in [0.29, 0.717) is 0 Å². The van der Waals surface area contributed by atoms with Crippen molar-refractivity contribution in [1.82, 2.24) is 0 Å². The van der Waals surface area contributed by atoms with Crippen LogP contribution in [-0.2, 0) is 15.4 Å². The molecule has 1 rings (SSSR count). The average molecular weight is 369 g/mol. The summed E-state index contributed by atoms with van der Waals surface area (Å²) in [7, 11) is 9.81. The number of hydrogen-bond donors (Lipinski definition) is 0. The molecule has 0 N–H and O–H groups in total. The SMILES string of the molecule is [CH]1[CH]CC[CH][CH]CC1.[Cl][Os][Cl]. The molecule has 1 aliphatic carbocycles. The van der Waals surface area contributed by atoms with Crippen molar-refractivity contribution in [3.63, 3.8) is 0 Å². The molecule has 0 aromatic rings. The summed E-state index contributed by atoms with van der Waals surface area (Å²) in [6.45, 7) is 0. The van der Waals surface area contributed by atoms with Gasteiger partial charge in [-0.05, 0) is 51.4 Å². The topological polar surface area (TPSA) is 0 Å². The summed E-state index contributed by atoms with van der Waals surface area (Å²) in [6.07, 6.45) is 14.0. The maximum atomic E-state index is 4.90. The third-order valence-corrected chi connectivity index (χ3v) is 1.33. The second-order valence-electron chi connectivity index (χ2n) is 2.15. The van der Waals surface area contributed by atoms with Crippen LogP contribution < -0.4 is 0 Å². The zero-order valence-corrected chi connectivity index (χ0v) is 10.3. The molecule has 0 nitrogen and oxygen atoms in total. The van der Waals surface area contributed by atoms with Crippen molar-refractivity contribution < 1.29 is 15.4 Å². The van der Waals surface area contributed by atoms with Crippen molar-refractivity contribution in [2.75, 3.05) is 0 Å². The van der Waals surface area contributed by atoms with Crippen LogP contribution in [0.4, 0.5) is 0 Å². The Labute approximate surface area is 85.9 Å². The van der Waals surface area contributed by atoms with Gasteiger partial charge < -0.3 is 0 Å². The van der Waals surface area contributed by atoms with Crippen molar-refractivity contribution in [3.8, 4) is 0 Å². The van der Waals surface area contributed by atoms with E-state index in [-0.39, 0.29) is 0 Å². The molecule has 1 aliphatic rings. The van der Waals surface area contributed by atoms with Crippen LogP contribution in [0.15, 0.2) is 0 Å². The van der Waals surface area contributed by atoms with Crippen molar-refractivity contribution >= 4 is 19.3 Å². The average Bonchev–Trinajstić information content (AvgIpc) is 1.86. The Morgan fingerprint density at radius 3 is 1.09 bits per heavy atom. The van der Waals surface area contributed by atoms with E-state index in [9.17, 15) is 0 Å². The molecule has 0 saturated heterocycles. The van der Waals surface area contributed by atoms with Crippen LogP contribution >= 0.6 is 19.3 Å². The van der Waals surface area contributed by atoms with Gasteiger partial charge in [0, 0.05) is 0 Å². The molecule has 0 amide bonds. The molecule has 1 fully saturated rings. The van der Waals surface area contributed by atoms with E-state index in [1.165, 1.54) is 25.7 Å². The van der Waals surface area contributed by atoms with E-state index in [2.05, 4.69) is 25.7 Å². The molecule has 0 aliphatic heterocycles. The minimum atomic E-state index is -0.639. The Balaban J connectivity index is 0.000000292. The quantitative estimate of drug-likeness (QED) is 0.610.